The first-order valence-corrected chi connectivity index (χ1v) is 8.58. The van der Waals surface area contributed by atoms with E-state index in [1.165, 1.54) is 5.56 Å². The van der Waals surface area contributed by atoms with Crippen LogP contribution in [-0.2, 0) is 11.2 Å². The van der Waals surface area contributed by atoms with Gasteiger partial charge in [-0.3, -0.25) is 9.20 Å². The molecule has 1 N–H and O–H groups in total. The van der Waals surface area contributed by atoms with E-state index in [0.29, 0.717) is 12.2 Å². The Hall–Kier alpha value is -3.40. The van der Waals surface area contributed by atoms with Gasteiger partial charge in [0, 0.05) is 11.8 Å². The van der Waals surface area contributed by atoms with E-state index in [1.807, 2.05) is 71.3 Å². The van der Waals surface area contributed by atoms with Crippen molar-refractivity contribution in [3.63, 3.8) is 0 Å². The topological polar surface area (TPSA) is 46.4 Å². The number of anilines is 1. The molecule has 4 heteroatoms. The van der Waals surface area contributed by atoms with Gasteiger partial charge in [0.1, 0.15) is 17.2 Å². The van der Waals surface area contributed by atoms with E-state index in [9.17, 15) is 4.79 Å². The Bertz CT molecular complexity index is 1050. The Balaban J connectivity index is 1.72. The van der Waals surface area contributed by atoms with E-state index in [1.54, 1.807) is 0 Å². The summed E-state index contributed by atoms with van der Waals surface area (Å²) in [5.74, 6) is 0.639. The summed E-state index contributed by atoms with van der Waals surface area (Å²) in [7, 11) is 0. The van der Waals surface area contributed by atoms with E-state index in [2.05, 4.69) is 24.4 Å². The Labute approximate surface area is 152 Å². The number of aromatic nitrogens is 2. The van der Waals surface area contributed by atoms with Crippen LogP contribution in [0.4, 0.5) is 5.82 Å². The van der Waals surface area contributed by atoms with Gasteiger partial charge in [0.15, 0.2) is 0 Å². The molecule has 128 valence electrons. The fourth-order valence-electron chi connectivity index (χ4n) is 2.99. The number of hydrogen-bond donors (Lipinski definition) is 1. The zero-order chi connectivity index (χ0) is 17.9. The number of nitrogens with one attached hydrogen (secondary N) is 1. The maximum Gasteiger partial charge on any atom is 0.229 e. The molecule has 1 amide bonds. The number of hydrogen-bond acceptors (Lipinski definition) is 2. The van der Waals surface area contributed by atoms with E-state index < -0.39 is 0 Å². The molecule has 4 rings (SSSR count). The van der Waals surface area contributed by atoms with Gasteiger partial charge in [-0.2, -0.15) is 0 Å². The molecular formula is C22H19N3O. The number of pyridine rings is 1. The summed E-state index contributed by atoms with van der Waals surface area (Å²) < 4.78 is 1.91. The fraction of sp³-hybridized carbons (Fsp3) is 0.0909. The van der Waals surface area contributed by atoms with Gasteiger partial charge in [-0.25, -0.2) is 4.98 Å². The average Bonchev–Trinajstić information content (AvgIpc) is 3.02. The lowest BCUT2D eigenvalue weighted by Gasteiger charge is -2.08. The normalized spacial score (nSPS) is 10.8. The van der Waals surface area contributed by atoms with Crippen LogP contribution in [0.3, 0.4) is 0 Å². The number of fused-ring (bicyclic) bond motifs is 1. The van der Waals surface area contributed by atoms with Crippen molar-refractivity contribution >= 4 is 17.4 Å². The number of carbonyl (C=O) groups is 1. The summed E-state index contributed by atoms with van der Waals surface area (Å²) in [6.07, 6.45) is 2.24. The standard InChI is InChI=1S/C22H19N3O/c1-16-10-12-18(13-11-16)21-22(25-14-6-5-9-19(25)23-21)24-20(26)15-17-7-3-2-4-8-17/h2-14H,15H2,1H3,(H,24,26). The molecule has 0 aliphatic rings. The molecular weight excluding hydrogens is 322 g/mol. The van der Waals surface area contributed by atoms with Gasteiger partial charge in [-0.05, 0) is 24.6 Å². The summed E-state index contributed by atoms with van der Waals surface area (Å²) in [5, 5.41) is 3.06. The Morgan fingerprint density at radius 1 is 0.962 bits per heavy atom. The highest BCUT2D eigenvalue weighted by Crippen LogP contribution is 2.29. The van der Waals surface area contributed by atoms with Crippen molar-refractivity contribution in [2.75, 3.05) is 5.32 Å². The van der Waals surface area contributed by atoms with Gasteiger partial charge in [0.25, 0.3) is 0 Å². The second kappa shape index (κ2) is 6.84. The smallest absolute Gasteiger partial charge is 0.229 e. The fourth-order valence-corrected chi connectivity index (χ4v) is 2.99. The van der Waals surface area contributed by atoms with Crippen molar-refractivity contribution in [2.24, 2.45) is 0 Å². The van der Waals surface area contributed by atoms with Crippen LogP contribution in [0.1, 0.15) is 11.1 Å². The molecule has 4 nitrogen and oxygen atoms in total. The summed E-state index contributed by atoms with van der Waals surface area (Å²) >= 11 is 0. The van der Waals surface area contributed by atoms with Crippen LogP contribution >= 0.6 is 0 Å². The number of benzene rings is 2. The predicted molar refractivity (Wildman–Crippen MR) is 104 cm³/mol. The number of amides is 1. The van der Waals surface area contributed by atoms with E-state index in [-0.39, 0.29) is 5.91 Å². The maximum atomic E-state index is 12.6. The van der Waals surface area contributed by atoms with Gasteiger partial charge < -0.3 is 5.32 Å². The number of carbonyl (C=O) groups excluding carboxylic acids is 1. The van der Waals surface area contributed by atoms with E-state index in [4.69, 9.17) is 4.98 Å². The first kappa shape index (κ1) is 16.1. The SMILES string of the molecule is Cc1ccc(-c2nc3ccccn3c2NC(=O)Cc2ccccc2)cc1. The Kier molecular flexibility index (Phi) is 4.23. The van der Waals surface area contributed by atoms with Crippen LogP contribution < -0.4 is 5.32 Å². The molecule has 0 bridgehead atoms. The third kappa shape index (κ3) is 3.22. The summed E-state index contributed by atoms with van der Waals surface area (Å²) in [4.78, 5) is 17.3. The maximum absolute atomic E-state index is 12.6. The molecule has 4 aromatic rings. The van der Waals surface area contributed by atoms with Crippen LogP contribution in [-0.4, -0.2) is 15.3 Å². The van der Waals surface area contributed by atoms with Crippen molar-refractivity contribution < 1.29 is 4.79 Å². The number of imidazole rings is 1. The molecule has 0 aliphatic heterocycles. The molecule has 2 heterocycles. The number of nitrogens with zero attached hydrogens (tertiary/aromatic N) is 2. The third-order valence-corrected chi connectivity index (χ3v) is 4.32. The molecule has 0 fully saturated rings. The van der Waals surface area contributed by atoms with Crippen molar-refractivity contribution in [1.29, 1.82) is 0 Å². The van der Waals surface area contributed by atoms with Crippen LogP contribution in [0, 0.1) is 6.92 Å². The molecule has 0 spiro atoms. The minimum absolute atomic E-state index is 0.0600. The first-order valence-electron chi connectivity index (χ1n) is 8.58. The summed E-state index contributed by atoms with van der Waals surface area (Å²) in [5.41, 5.74) is 4.73. The second-order valence-electron chi connectivity index (χ2n) is 6.31. The van der Waals surface area contributed by atoms with Crippen LogP contribution in [0.25, 0.3) is 16.9 Å². The van der Waals surface area contributed by atoms with E-state index >= 15 is 0 Å². The van der Waals surface area contributed by atoms with Gasteiger partial charge in [0.05, 0.1) is 6.42 Å². The minimum Gasteiger partial charge on any atom is -0.310 e. The van der Waals surface area contributed by atoms with Gasteiger partial charge in [0.2, 0.25) is 5.91 Å². The van der Waals surface area contributed by atoms with E-state index in [0.717, 1.165) is 22.5 Å². The molecule has 0 saturated heterocycles. The van der Waals surface area contributed by atoms with Gasteiger partial charge >= 0.3 is 0 Å². The molecule has 2 aromatic heterocycles. The van der Waals surface area contributed by atoms with Crippen molar-refractivity contribution in [1.82, 2.24) is 9.38 Å². The molecule has 0 saturated carbocycles. The zero-order valence-electron chi connectivity index (χ0n) is 14.5. The van der Waals surface area contributed by atoms with Gasteiger partial charge in [-0.15, -0.1) is 0 Å². The van der Waals surface area contributed by atoms with Crippen LogP contribution in [0.2, 0.25) is 0 Å². The number of aryl methyl sites for hydroxylation is 1. The lowest BCUT2D eigenvalue weighted by Crippen LogP contribution is -2.16. The largest absolute Gasteiger partial charge is 0.310 e. The molecule has 26 heavy (non-hydrogen) atoms. The second-order valence-corrected chi connectivity index (χ2v) is 6.31. The van der Waals surface area contributed by atoms with Crippen molar-refractivity contribution in [2.45, 2.75) is 13.3 Å². The van der Waals surface area contributed by atoms with Crippen molar-refractivity contribution in [3.8, 4) is 11.3 Å². The van der Waals surface area contributed by atoms with Crippen LogP contribution in [0.15, 0.2) is 79.0 Å². The first-order chi connectivity index (χ1) is 12.7. The van der Waals surface area contributed by atoms with Crippen LogP contribution in [0.5, 0.6) is 0 Å². The van der Waals surface area contributed by atoms with Gasteiger partial charge in [-0.1, -0.05) is 66.2 Å². The summed E-state index contributed by atoms with van der Waals surface area (Å²) in [6, 6.07) is 23.7. The highest BCUT2D eigenvalue weighted by molar-refractivity contribution is 5.95. The predicted octanol–water partition coefficient (Wildman–Crippen LogP) is 4.49. The van der Waals surface area contributed by atoms with Crippen molar-refractivity contribution in [3.05, 3.63) is 90.1 Å². The molecule has 0 atom stereocenters. The molecule has 2 aromatic carbocycles. The molecule has 0 aliphatic carbocycles. The quantitative estimate of drug-likeness (QED) is 0.594. The highest BCUT2D eigenvalue weighted by atomic mass is 16.1. The molecule has 0 radical (unpaired) electrons. The lowest BCUT2D eigenvalue weighted by atomic mass is 10.1. The highest BCUT2D eigenvalue weighted by Gasteiger charge is 2.16. The summed E-state index contributed by atoms with van der Waals surface area (Å²) in [6.45, 7) is 2.05. The lowest BCUT2D eigenvalue weighted by molar-refractivity contribution is -0.115. The Morgan fingerprint density at radius 2 is 1.69 bits per heavy atom. The number of rotatable bonds is 4. The average molecular weight is 341 g/mol. The Morgan fingerprint density at radius 3 is 2.46 bits per heavy atom. The molecule has 0 unspecified atom stereocenters. The monoisotopic (exact) mass is 341 g/mol. The minimum atomic E-state index is -0.0600. The third-order valence-electron chi connectivity index (χ3n) is 4.32. The zero-order valence-corrected chi connectivity index (χ0v) is 14.5.